The summed E-state index contributed by atoms with van der Waals surface area (Å²) < 4.78 is 35.3. The molecular formula is C7H4ClF3Mg. The first-order valence-corrected chi connectivity index (χ1v) is 2.64. The SMILES string of the molecule is FC(F)(F)c1c[c-]ccc1.[Cl-].[Mg+2]. The molecule has 0 amide bonds. The van der Waals surface area contributed by atoms with Crippen LogP contribution in [0.5, 0.6) is 0 Å². The second-order valence-corrected chi connectivity index (χ2v) is 1.79. The summed E-state index contributed by atoms with van der Waals surface area (Å²) in [6.07, 6.45) is -4.24. The van der Waals surface area contributed by atoms with E-state index in [2.05, 4.69) is 6.07 Å². The zero-order chi connectivity index (χ0) is 7.61. The van der Waals surface area contributed by atoms with Gasteiger partial charge in [-0.3, -0.25) is 0 Å². The average Bonchev–Trinajstić information content (AvgIpc) is 1.88. The van der Waals surface area contributed by atoms with Crippen molar-refractivity contribution in [3.8, 4) is 0 Å². The van der Waals surface area contributed by atoms with Gasteiger partial charge < -0.3 is 12.4 Å². The molecule has 0 aliphatic rings. The Kier molecular flexibility index (Phi) is 6.89. The molecule has 0 nitrogen and oxygen atoms in total. The van der Waals surface area contributed by atoms with Crippen molar-refractivity contribution in [2.45, 2.75) is 6.18 Å². The summed E-state index contributed by atoms with van der Waals surface area (Å²) in [5, 5.41) is 0. The molecule has 1 aromatic rings. The van der Waals surface area contributed by atoms with Gasteiger partial charge in [0.25, 0.3) is 0 Å². The maximum absolute atomic E-state index is 11.8. The fourth-order valence-corrected chi connectivity index (χ4v) is 0.570. The second kappa shape index (κ2) is 5.67. The summed E-state index contributed by atoms with van der Waals surface area (Å²) in [7, 11) is 0. The van der Waals surface area contributed by atoms with Crippen molar-refractivity contribution >= 4 is 23.1 Å². The van der Waals surface area contributed by atoms with E-state index in [-0.39, 0.29) is 35.5 Å². The summed E-state index contributed by atoms with van der Waals surface area (Å²) >= 11 is 0. The van der Waals surface area contributed by atoms with Crippen LogP contribution in [0.15, 0.2) is 24.3 Å². The Morgan fingerprint density at radius 2 is 1.83 bits per heavy atom. The van der Waals surface area contributed by atoms with Gasteiger partial charge in [0.15, 0.2) is 0 Å². The second-order valence-electron chi connectivity index (χ2n) is 1.79. The van der Waals surface area contributed by atoms with E-state index in [1.54, 1.807) is 0 Å². The predicted molar refractivity (Wildman–Crippen MR) is 36.0 cm³/mol. The normalized spacial score (nSPS) is 9.58. The van der Waals surface area contributed by atoms with Gasteiger partial charge in [-0.1, -0.05) is 5.56 Å². The van der Waals surface area contributed by atoms with Crippen molar-refractivity contribution in [3.63, 3.8) is 0 Å². The first-order valence-electron chi connectivity index (χ1n) is 2.64. The van der Waals surface area contributed by atoms with E-state index in [0.29, 0.717) is 0 Å². The molecule has 0 aliphatic heterocycles. The number of hydrogen-bond donors (Lipinski definition) is 0. The summed E-state index contributed by atoms with van der Waals surface area (Å²) in [4.78, 5) is 0. The number of halogens is 4. The van der Waals surface area contributed by atoms with Crippen LogP contribution < -0.4 is 12.4 Å². The van der Waals surface area contributed by atoms with E-state index in [9.17, 15) is 13.2 Å². The summed E-state index contributed by atoms with van der Waals surface area (Å²) in [6, 6.07) is 7.01. The minimum Gasteiger partial charge on any atom is -1.00 e. The van der Waals surface area contributed by atoms with Crippen molar-refractivity contribution in [1.29, 1.82) is 0 Å². The van der Waals surface area contributed by atoms with Gasteiger partial charge in [0.2, 0.25) is 0 Å². The number of rotatable bonds is 0. The van der Waals surface area contributed by atoms with Crippen LogP contribution in [0, 0.1) is 6.07 Å². The number of hydrogen-bond acceptors (Lipinski definition) is 0. The Hall–Kier alpha value is 0.0662. The Labute approximate surface area is 90.7 Å². The van der Waals surface area contributed by atoms with Gasteiger partial charge in [0.05, 0.1) is 0 Å². The smallest absolute Gasteiger partial charge is 1.00 e. The van der Waals surface area contributed by atoms with E-state index < -0.39 is 11.7 Å². The molecule has 0 bridgehead atoms. The molecule has 1 aromatic carbocycles. The van der Waals surface area contributed by atoms with Crippen molar-refractivity contribution < 1.29 is 25.6 Å². The molecule has 0 atom stereocenters. The van der Waals surface area contributed by atoms with Gasteiger partial charge >= 0.3 is 29.2 Å². The van der Waals surface area contributed by atoms with E-state index in [0.717, 1.165) is 12.1 Å². The maximum atomic E-state index is 11.8. The molecule has 1 rings (SSSR count). The van der Waals surface area contributed by atoms with Gasteiger partial charge in [0, 0.05) is 0 Å². The van der Waals surface area contributed by atoms with Crippen molar-refractivity contribution in [1.82, 2.24) is 0 Å². The topological polar surface area (TPSA) is 0 Å². The molecule has 0 saturated heterocycles. The van der Waals surface area contributed by atoms with Crippen LogP contribution in [-0.2, 0) is 6.18 Å². The van der Waals surface area contributed by atoms with E-state index in [4.69, 9.17) is 0 Å². The van der Waals surface area contributed by atoms with Gasteiger partial charge in [-0.2, -0.15) is 43.5 Å². The molecule has 0 spiro atoms. The third-order valence-electron chi connectivity index (χ3n) is 1.03. The fraction of sp³-hybridized carbons (Fsp3) is 0.143. The molecule has 0 unspecified atom stereocenters. The molecule has 62 valence electrons. The van der Waals surface area contributed by atoms with Crippen molar-refractivity contribution in [3.05, 3.63) is 35.9 Å². The van der Waals surface area contributed by atoms with Crippen LogP contribution in [0.25, 0.3) is 0 Å². The summed E-state index contributed by atoms with van der Waals surface area (Å²) in [5.41, 5.74) is -0.657. The average molecular weight is 205 g/mol. The molecule has 0 heterocycles. The maximum Gasteiger partial charge on any atom is 2.00 e. The minimum absolute atomic E-state index is 0. The van der Waals surface area contributed by atoms with Crippen molar-refractivity contribution in [2.24, 2.45) is 0 Å². The monoisotopic (exact) mass is 204 g/mol. The Bertz CT molecular complexity index is 210. The van der Waals surface area contributed by atoms with Gasteiger partial charge in [-0.15, -0.1) is 0 Å². The van der Waals surface area contributed by atoms with Crippen LogP contribution in [0.1, 0.15) is 5.56 Å². The Balaban J connectivity index is 0. The van der Waals surface area contributed by atoms with Crippen molar-refractivity contribution in [2.75, 3.05) is 0 Å². The first-order chi connectivity index (χ1) is 4.61. The van der Waals surface area contributed by atoms with Crippen LogP contribution in [0.3, 0.4) is 0 Å². The summed E-state index contributed by atoms with van der Waals surface area (Å²) in [6.45, 7) is 0. The minimum atomic E-state index is -4.24. The Morgan fingerprint density at radius 1 is 1.25 bits per heavy atom. The molecule has 0 aromatic heterocycles. The zero-order valence-electron chi connectivity index (χ0n) is 6.03. The largest absolute Gasteiger partial charge is 2.00 e. The van der Waals surface area contributed by atoms with Crippen LogP contribution in [-0.4, -0.2) is 23.1 Å². The quantitative estimate of drug-likeness (QED) is 0.381. The van der Waals surface area contributed by atoms with Gasteiger partial charge in [-0.05, 0) is 0 Å². The summed E-state index contributed by atoms with van der Waals surface area (Å²) in [5.74, 6) is 0. The predicted octanol–water partition coefficient (Wildman–Crippen LogP) is -0.871. The zero-order valence-corrected chi connectivity index (χ0v) is 8.20. The Morgan fingerprint density at radius 3 is 2.08 bits per heavy atom. The van der Waals surface area contributed by atoms with E-state index in [1.807, 2.05) is 0 Å². The molecule has 0 N–H and O–H groups in total. The van der Waals surface area contributed by atoms with Crippen LogP contribution in [0.2, 0.25) is 0 Å². The number of benzene rings is 1. The number of alkyl halides is 3. The standard InChI is InChI=1S/C7H4F3.ClH.Mg/c8-7(9,10)6-4-2-1-3-5-6;;/h1-2,4-5H;1H;/q-1;;+2/p-1. The van der Waals surface area contributed by atoms with E-state index >= 15 is 0 Å². The molecule has 0 aliphatic carbocycles. The van der Waals surface area contributed by atoms with Crippen LogP contribution in [0.4, 0.5) is 13.2 Å². The third kappa shape index (κ3) is 4.18. The fourth-order valence-electron chi connectivity index (χ4n) is 0.570. The molecule has 12 heavy (non-hydrogen) atoms. The third-order valence-corrected chi connectivity index (χ3v) is 1.03. The first kappa shape index (κ1) is 14.6. The molecule has 0 radical (unpaired) electrons. The van der Waals surface area contributed by atoms with Gasteiger partial charge in [-0.25, -0.2) is 0 Å². The molecule has 5 heteroatoms. The molecule has 0 saturated carbocycles. The van der Waals surface area contributed by atoms with Crippen LogP contribution >= 0.6 is 0 Å². The van der Waals surface area contributed by atoms with Gasteiger partial charge in [0.1, 0.15) is 0 Å². The molecular weight excluding hydrogens is 201 g/mol. The van der Waals surface area contributed by atoms with E-state index in [1.165, 1.54) is 12.1 Å². The molecule has 0 fully saturated rings.